The zero-order chi connectivity index (χ0) is 12.4. The summed E-state index contributed by atoms with van der Waals surface area (Å²) in [6.45, 7) is 4.26. The summed E-state index contributed by atoms with van der Waals surface area (Å²) in [6.07, 6.45) is 0. The summed E-state index contributed by atoms with van der Waals surface area (Å²) in [5.41, 5.74) is 2.60. The van der Waals surface area contributed by atoms with Crippen LogP contribution >= 0.6 is 11.3 Å². The number of carboxylic acids is 1. The number of thiophene rings is 1. The van der Waals surface area contributed by atoms with Crippen LogP contribution < -0.4 is 0 Å². The second kappa shape index (κ2) is 4.72. The highest BCUT2D eigenvalue weighted by Gasteiger charge is 2.13. The molecule has 0 bridgehead atoms. The third-order valence-corrected chi connectivity index (χ3v) is 3.67. The summed E-state index contributed by atoms with van der Waals surface area (Å²) >= 11 is 1.47. The van der Waals surface area contributed by atoms with E-state index in [-0.39, 0.29) is 0 Å². The molecule has 2 aromatic rings. The average Bonchev–Trinajstić information content (AvgIpc) is 2.78. The topological polar surface area (TPSA) is 37.3 Å². The number of carbonyl (C=O) groups is 1. The van der Waals surface area contributed by atoms with Gasteiger partial charge in [-0.3, -0.25) is 0 Å². The van der Waals surface area contributed by atoms with E-state index in [4.69, 9.17) is 5.11 Å². The molecule has 0 saturated heterocycles. The van der Waals surface area contributed by atoms with Crippen molar-refractivity contribution in [3.05, 3.63) is 46.8 Å². The van der Waals surface area contributed by atoms with E-state index in [2.05, 4.69) is 26.0 Å². The van der Waals surface area contributed by atoms with Crippen molar-refractivity contribution in [3.63, 3.8) is 0 Å². The molecular weight excluding hydrogens is 232 g/mol. The molecule has 1 aromatic heterocycles. The molecule has 2 nitrogen and oxygen atoms in total. The minimum absolute atomic E-state index is 0.385. The number of benzene rings is 1. The summed E-state index contributed by atoms with van der Waals surface area (Å²) in [6, 6.07) is 9.75. The first-order valence-electron chi connectivity index (χ1n) is 5.50. The highest BCUT2D eigenvalue weighted by molar-refractivity contribution is 7.14. The molecule has 17 heavy (non-hydrogen) atoms. The van der Waals surface area contributed by atoms with Crippen LogP contribution in [0, 0.1) is 0 Å². The molecule has 2 rings (SSSR count). The first-order valence-corrected chi connectivity index (χ1v) is 6.38. The summed E-state index contributed by atoms with van der Waals surface area (Å²) < 4.78 is 0. The lowest BCUT2D eigenvalue weighted by Crippen LogP contribution is -1.96. The lowest BCUT2D eigenvalue weighted by molar-refractivity contribution is 0.0698. The quantitative estimate of drug-likeness (QED) is 0.879. The zero-order valence-corrected chi connectivity index (χ0v) is 10.6. The predicted molar refractivity (Wildman–Crippen MR) is 70.8 cm³/mol. The van der Waals surface area contributed by atoms with Gasteiger partial charge >= 0.3 is 5.97 Å². The van der Waals surface area contributed by atoms with Gasteiger partial charge in [-0.1, -0.05) is 38.1 Å². The van der Waals surface area contributed by atoms with Gasteiger partial charge < -0.3 is 5.11 Å². The molecule has 0 amide bonds. The van der Waals surface area contributed by atoms with Gasteiger partial charge in [0.15, 0.2) is 0 Å². The third kappa shape index (κ3) is 2.39. The van der Waals surface area contributed by atoms with E-state index < -0.39 is 5.97 Å². The second-order valence-electron chi connectivity index (χ2n) is 4.25. The monoisotopic (exact) mass is 246 g/mol. The van der Waals surface area contributed by atoms with Gasteiger partial charge in [0.2, 0.25) is 0 Å². The molecule has 0 aliphatic heterocycles. The molecule has 0 atom stereocenters. The van der Waals surface area contributed by atoms with Crippen LogP contribution in [0.3, 0.4) is 0 Å². The Kier molecular flexibility index (Phi) is 3.29. The number of carboxylic acid groups (broad SMARTS) is 1. The SMILES string of the molecule is CC(C)c1cccc(-c2sccc2C(=O)O)c1. The van der Waals surface area contributed by atoms with E-state index in [9.17, 15) is 4.79 Å². The maximum atomic E-state index is 11.1. The number of hydrogen-bond acceptors (Lipinski definition) is 2. The maximum absolute atomic E-state index is 11.1. The van der Waals surface area contributed by atoms with Gasteiger partial charge in [-0.15, -0.1) is 11.3 Å². The standard InChI is InChI=1S/C14H14O2S/c1-9(2)10-4-3-5-11(8-10)13-12(14(15)16)6-7-17-13/h3-9H,1-2H3,(H,15,16). The van der Waals surface area contributed by atoms with Crippen LogP contribution in [-0.2, 0) is 0 Å². The Hall–Kier alpha value is -1.61. The predicted octanol–water partition coefficient (Wildman–Crippen LogP) is 4.24. The molecule has 0 saturated carbocycles. The number of rotatable bonds is 3. The fraction of sp³-hybridized carbons (Fsp3) is 0.214. The van der Waals surface area contributed by atoms with Crippen molar-refractivity contribution >= 4 is 17.3 Å². The Morgan fingerprint density at radius 2 is 2.06 bits per heavy atom. The van der Waals surface area contributed by atoms with Gasteiger partial charge in [0.25, 0.3) is 0 Å². The fourth-order valence-electron chi connectivity index (χ4n) is 1.74. The van der Waals surface area contributed by atoms with Gasteiger partial charge in [0.05, 0.1) is 5.56 Å². The molecule has 1 N–H and O–H groups in total. The molecule has 0 aliphatic carbocycles. The van der Waals surface area contributed by atoms with Gasteiger partial charge in [-0.25, -0.2) is 4.79 Å². The van der Waals surface area contributed by atoms with Crippen molar-refractivity contribution in [2.75, 3.05) is 0 Å². The second-order valence-corrected chi connectivity index (χ2v) is 5.16. The fourth-order valence-corrected chi connectivity index (χ4v) is 2.63. The molecule has 0 aliphatic rings. The van der Waals surface area contributed by atoms with Crippen LogP contribution in [-0.4, -0.2) is 11.1 Å². The summed E-state index contributed by atoms with van der Waals surface area (Å²) in [5.74, 6) is -0.417. The van der Waals surface area contributed by atoms with Crippen molar-refractivity contribution in [2.45, 2.75) is 19.8 Å². The maximum Gasteiger partial charge on any atom is 0.337 e. The Balaban J connectivity index is 2.49. The summed E-state index contributed by atoms with van der Waals surface area (Å²) in [4.78, 5) is 11.9. The van der Waals surface area contributed by atoms with Crippen molar-refractivity contribution < 1.29 is 9.90 Å². The van der Waals surface area contributed by atoms with E-state index >= 15 is 0 Å². The molecular formula is C14H14O2S. The van der Waals surface area contributed by atoms with E-state index in [0.29, 0.717) is 11.5 Å². The lowest BCUT2D eigenvalue weighted by atomic mass is 9.99. The van der Waals surface area contributed by atoms with E-state index in [1.165, 1.54) is 16.9 Å². The molecule has 1 heterocycles. The first kappa shape index (κ1) is 11.9. The van der Waals surface area contributed by atoms with Crippen LogP contribution in [0.2, 0.25) is 0 Å². The highest BCUT2D eigenvalue weighted by atomic mass is 32.1. The van der Waals surface area contributed by atoms with Crippen LogP contribution in [0.5, 0.6) is 0 Å². The molecule has 0 spiro atoms. The minimum Gasteiger partial charge on any atom is -0.478 e. The van der Waals surface area contributed by atoms with Crippen molar-refractivity contribution in [1.82, 2.24) is 0 Å². The van der Waals surface area contributed by atoms with Crippen LogP contribution in [0.4, 0.5) is 0 Å². The normalized spacial score (nSPS) is 10.8. The molecule has 0 fully saturated rings. The summed E-state index contributed by atoms with van der Waals surface area (Å²) in [5, 5.41) is 10.9. The van der Waals surface area contributed by atoms with E-state index in [1.807, 2.05) is 17.5 Å². The molecule has 3 heteroatoms. The van der Waals surface area contributed by atoms with Crippen molar-refractivity contribution in [3.8, 4) is 10.4 Å². The average molecular weight is 246 g/mol. The summed E-state index contributed by atoms with van der Waals surface area (Å²) in [7, 11) is 0. The number of aromatic carboxylic acids is 1. The van der Waals surface area contributed by atoms with Crippen molar-refractivity contribution in [1.29, 1.82) is 0 Å². The lowest BCUT2D eigenvalue weighted by Gasteiger charge is -2.07. The van der Waals surface area contributed by atoms with Crippen LogP contribution in [0.25, 0.3) is 10.4 Å². The molecule has 88 valence electrons. The largest absolute Gasteiger partial charge is 0.478 e. The first-order chi connectivity index (χ1) is 8.09. The van der Waals surface area contributed by atoms with Gasteiger partial charge in [0.1, 0.15) is 0 Å². The Labute approximate surface area is 105 Å². The van der Waals surface area contributed by atoms with E-state index in [0.717, 1.165) is 10.4 Å². The number of hydrogen-bond donors (Lipinski definition) is 1. The smallest absolute Gasteiger partial charge is 0.337 e. The molecule has 0 radical (unpaired) electrons. The third-order valence-electron chi connectivity index (χ3n) is 2.71. The molecule has 1 aromatic carbocycles. The Morgan fingerprint density at radius 3 is 2.71 bits per heavy atom. The molecule has 0 unspecified atom stereocenters. The van der Waals surface area contributed by atoms with Crippen LogP contribution in [0.1, 0.15) is 35.7 Å². The van der Waals surface area contributed by atoms with Gasteiger partial charge in [-0.05, 0) is 28.5 Å². The van der Waals surface area contributed by atoms with Gasteiger partial charge in [0, 0.05) is 4.88 Å². The van der Waals surface area contributed by atoms with Crippen molar-refractivity contribution in [2.24, 2.45) is 0 Å². The van der Waals surface area contributed by atoms with Crippen LogP contribution in [0.15, 0.2) is 35.7 Å². The minimum atomic E-state index is -0.865. The van der Waals surface area contributed by atoms with E-state index in [1.54, 1.807) is 6.07 Å². The zero-order valence-electron chi connectivity index (χ0n) is 9.81. The highest BCUT2D eigenvalue weighted by Crippen LogP contribution is 2.31. The Morgan fingerprint density at radius 1 is 1.29 bits per heavy atom. The Bertz CT molecular complexity index is 541. The van der Waals surface area contributed by atoms with Gasteiger partial charge in [-0.2, -0.15) is 0 Å².